The van der Waals surface area contributed by atoms with Gasteiger partial charge in [-0.05, 0) is 18.9 Å². The fourth-order valence-electron chi connectivity index (χ4n) is 1.81. The highest BCUT2D eigenvalue weighted by molar-refractivity contribution is 4.98. The SMILES string of the molecule is Cn1nccc1CNOC1CCCC1. The van der Waals surface area contributed by atoms with Crippen LogP contribution in [-0.2, 0) is 18.4 Å². The highest BCUT2D eigenvalue weighted by Gasteiger charge is 2.15. The first-order valence-corrected chi connectivity index (χ1v) is 5.21. The Hall–Kier alpha value is -0.870. The number of hydrogen-bond donors (Lipinski definition) is 1. The molecular formula is C10H17N3O. The van der Waals surface area contributed by atoms with Gasteiger partial charge in [-0.3, -0.25) is 9.52 Å². The van der Waals surface area contributed by atoms with Gasteiger partial charge < -0.3 is 0 Å². The molecule has 0 unspecified atom stereocenters. The second kappa shape index (κ2) is 4.57. The first-order chi connectivity index (χ1) is 6.86. The van der Waals surface area contributed by atoms with Crippen LogP contribution in [0.15, 0.2) is 12.3 Å². The van der Waals surface area contributed by atoms with Crippen molar-refractivity contribution in [1.82, 2.24) is 15.3 Å². The van der Waals surface area contributed by atoms with Gasteiger partial charge in [-0.25, -0.2) is 0 Å². The van der Waals surface area contributed by atoms with Crippen LogP contribution < -0.4 is 5.48 Å². The molecule has 1 N–H and O–H groups in total. The molecule has 0 radical (unpaired) electrons. The normalized spacial score (nSPS) is 17.8. The lowest BCUT2D eigenvalue weighted by Gasteiger charge is -2.11. The van der Waals surface area contributed by atoms with Gasteiger partial charge in [0, 0.05) is 13.2 Å². The molecule has 78 valence electrons. The van der Waals surface area contributed by atoms with Gasteiger partial charge in [-0.1, -0.05) is 12.8 Å². The second-order valence-electron chi connectivity index (χ2n) is 3.79. The van der Waals surface area contributed by atoms with E-state index in [9.17, 15) is 0 Å². The first kappa shape index (κ1) is 9.68. The van der Waals surface area contributed by atoms with Crippen LogP contribution in [0.5, 0.6) is 0 Å². The van der Waals surface area contributed by atoms with Crippen molar-refractivity contribution in [3.63, 3.8) is 0 Å². The van der Waals surface area contributed by atoms with Gasteiger partial charge in [0.25, 0.3) is 0 Å². The third-order valence-electron chi connectivity index (χ3n) is 2.73. The number of aromatic nitrogens is 2. The molecule has 1 aliphatic carbocycles. The molecule has 2 rings (SSSR count). The monoisotopic (exact) mass is 195 g/mol. The highest BCUT2D eigenvalue weighted by atomic mass is 16.7. The summed E-state index contributed by atoms with van der Waals surface area (Å²) >= 11 is 0. The maximum absolute atomic E-state index is 5.54. The van der Waals surface area contributed by atoms with Crippen LogP contribution in [0.3, 0.4) is 0 Å². The van der Waals surface area contributed by atoms with Gasteiger partial charge >= 0.3 is 0 Å². The van der Waals surface area contributed by atoms with E-state index in [1.165, 1.54) is 25.7 Å². The Balaban J connectivity index is 1.70. The Kier molecular flexibility index (Phi) is 3.16. The highest BCUT2D eigenvalue weighted by Crippen LogP contribution is 2.19. The van der Waals surface area contributed by atoms with Crippen LogP contribution in [0.2, 0.25) is 0 Å². The van der Waals surface area contributed by atoms with Crippen LogP contribution in [0.4, 0.5) is 0 Å². The van der Waals surface area contributed by atoms with Gasteiger partial charge in [0.2, 0.25) is 0 Å². The van der Waals surface area contributed by atoms with Crippen molar-refractivity contribution in [1.29, 1.82) is 0 Å². The summed E-state index contributed by atoms with van der Waals surface area (Å²) in [6.07, 6.45) is 7.21. The Morgan fingerprint density at radius 2 is 2.36 bits per heavy atom. The van der Waals surface area contributed by atoms with E-state index in [2.05, 4.69) is 10.6 Å². The van der Waals surface area contributed by atoms with E-state index in [4.69, 9.17) is 4.84 Å². The molecule has 4 heteroatoms. The predicted octanol–water partition coefficient (Wildman–Crippen LogP) is 1.38. The molecule has 0 spiro atoms. The molecule has 4 nitrogen and oxygen atoms in total. The van der Waals surface area contributed by atoms with Crippen molar-refractivity contribution in [3.8, 4) is 0 Å². The van der Waals surface area contributed by atoms with Gasteiger partial charge in [0.15, 0.2) is 0 Å². The molecule has 0 aromatic carbocycles. The van der Waals surface area contributed by atoms with Crippen LogP contribution in [0, 0.1) is 0 Å². The zero-order valence-electron chi connectivity index (χ0n) is 8.57. The molecule has 1 heterocycles. The molecule has 0 amide bonds. The lowest BCUT2D eigenvalue weighted by Crippen LogP contribution is -2.22. The van der Waals surface area contributed by atoms with E-state index >= 15 is 0 Å². The summed E-state index contributed by atoms with van der Waals surface area (Å²) in [4.78, 5) is 5.54. The summed E-state index contributed by atoms with van der Waals surface area (Å²) < 4.78 is 1.85. The number of nitrogens with zero attached hydrogens (tertiary/aromatic N) is 2. The summed E-state index contributed by atoms with van der Waals surface area (Å²) in [7, 11) is 1.94. The van der Waals surface area contributed by atoms with Gasteiger partial charge in [0.05, 0.1) is 18.3 Å². The lowest BCUT2D eigenvalue weighted by molar-refractivity contribution is -0.0253. The van der Waals surface area contributed by atoms with Crippen LogP contribution in [0.1, 0.15) is 31.4 Å². The van der Waals surface area contributed by atoms with E-state index in [1.807, 2.05) is 17.8 Å². The van der Waals surface area contributed by atoms with Crippen molar-refractivity contribution in [2.24, 2.45) is 7.05 Å². The van der Waals surface area contributed by atoms with E-state index in [0.29, 0.717) is 6.10 Å². The molecule has 0 aliphatic heterocycles. The Labute approximate surface area is 84.2 Å². The molecule has 0 bridgehead atoms. The summed E-state index contributed by atoms with van der Waals surface area (Å²) in [5.74, 6) is 0. The lowest BCUT2D eigenvalue weighted by atomic mass is 10.3. The zero-order chi connectivity index (χ0) is 9.80. The Bertz CT molecular complexity index is 279. The summed E-state index contributed by atoms with van der Waals surface area (Å²) in [6, 6.07) is 1.99. The number of aryl methyl sites for hydroxylation is 1. The summed E-state index contributed by atoms with van der Waals surface area (Å²) in [6.45, 7) is 0.729. The molecular weight excluding hydrogens is 178 g/mol. The maximum Gasteiger partial charge on any atom is 0.0790 e. The third kappa shape index (κ3) is 2.33. The standard InChI is InChI=1S/C10H17N3O/c1-13-9(6-7-11-13)8-12-14-10-4-2-3-5-10/h6-7,10,12H,2-5,8H2,1H3. The average Bonchev–Trinajstić information content (AvgIpc) is 2.78. The third-order valence-corrected chi connectivity index (χ3v) is 2.73. The van der Waals surface area contributed by atoms with Crippen LogP contribution in [0.25, 0.3) is 0 Å². The number of hydrogen-bond acceptors (Lipinski definition) is 3. The first-order valence-electron chi connectivity index (χ1n) is 5.21. The molecule has 1 aliphatic rings. The molecule has 14 heavy (non-hydrogen) atoms. The van der Waals surface area contributed by atoms with Gasteiger partial charge in [-0.15, -0.1) is 0 Å². The van der Waals surface area contributed by atoms with Crippen molar-refractivity contribution >= 4 is 0 Å². The smallest absolute Gasteiger partial charge is 0.0790 e. The second-order valence-corrected chi connectivity index (χ2v) is 3.79. The van der Waals surface area contributed by atoms with Crippen molar-refractivity contribution in [3.05, 3.63) is 18.0 Å². The molecule has 1 saturated carbocycles. The average molecular weight is 195 g/mol. The van der Waals surface area contributed by atoms with E-state index in [1.54, 1.807) is 6.20 Å². The molecule has 0 saturated heterocycles. The van der Waals surface area contributed by atoms with Crippen molar-refractivity contribution < 1.29 is 4.84 Å². The quantitative estimate of drug-likeness (QED) is 0.738. The zero-order valence-corrected chi connectivity index (χ0v) is 8.57. The van der Waals surface area contributed by atoms with Gasteiger partial charge in [0.1, 0.15) is 0 Å². The number of nitrogens with one attached hydrogen (secondary N) is 1. The van der Waals surface area contributed by atoms with E-state index in [0.717, 1.165) is 12.2 Å². The number of rotatable bonds is 4. The summed E-state index contributed by atoms with van der Waals surface area (Å²) in [5.41, 5.74) is 4.15. The van der Waals surface area contributed by atoms with Gasteiger partial charge in [-0.2, -0.15) is 10.6 Å². The predicted molar refractivity (Wildman–Crippen MR) is 53.4 cm³/mol. The van der Waals surface area contributed by atoms with E-state index < -0.39 is 0 Å². The molecule has 1 aromatic rings. The minimum atomic E-state index is 0.420. The molecule has 1 fully saturated rings. The van der Waals surface area contributed by atoms with Crippen molar-refractivity contribution in [2.45, 2.75) is 38.3 Å². The minimum absolute atomic E-state index is 0.420. The fraction of sp³-hybridized carbons (Fsp3) is 0.700. The Morgan fingerprint density at radius 1 is 1.57 bits per heavy atom. The molecule has 1 aromatic heterocycles. The van der Waals surface area contributed by atoms with Crippen LogP contribution >= 0.6 is 0 Å². The maximum atomic E-state index is 5.54. The van der Waals surface area contributed by atoms with Crippen molar-refractivity contribution in [2.75, 3.05) is 0 Å². The largest absolute Gasteiger partial charge is 0.298 e. The number of hydroxylamine groups is 1. The minimum Gasteiger partial charge on any atom is -0.298 e. The Morgan fingerprint density at radius 3 is 3.00 bits per heavy atom. The fourth-order valence-corrected chi connectivity index (χ4v) is 1.81. The topological polar surface area (TPSA) is 39.1 Å². The summed E-state index contributed by atoms with van der Waals surface area (Å²) in [5, 5.41) is 4.09. The van der Waals surface area contributed by atoms with Crippen LogP contribution in [-0.4, -0.2) is 15.9 Å². The molecule has 0 atom stereocenters. The van der Waals surface area contributed by atoms with E-state index in [-0.39, 0.29) is 0 Å².